The average Bonchev–Trinajstić information content (AvgIpc) is 2.38. The second-order valence-electron chi connectivity index (χ2n) is 5.13. The van der Waals surface area contributed by atoms with Gasteiger partial charge in [0.1, 0.15) is 0 Å². The van der Waals surface area contributed by atoms with Crippen LogP contribution in [-0.4, -0.2) is 36.0 Å². The molecular formula is C15H23N3O. The molecule has 1 aliphatic rings. The van der Waals surface area contributed by atoms with Crippen LogP contribution in [0.3, 0.4) is 0 Å². The first-order chi connectivity index (χ1) is 9.13. The van der Waals surface area contributed by atoms with Crippen LogP contribution in [0.15, 0.2) is 24.3 Å². The monoisotopic (exact) mass is 261 g/mol. The largest absolute Gasteiger partial charge is 0.382 e. The Kier molecular flexibility index (Phi) is 4.43. The molecule has 3 N–H and O–H groups in total. The van der Waals surface area contributed by atoms with E-state index in [1.807, 2.05) is 43.0 Å². The standard InChI is InChI=1S/C15H23N3O/c1-3-18(4-2)15(19)11-6-5-7-13(8-11)17-14-9-12(16)10-14/h5-8,12,14,17H,3-4,9-10,16H2,1-2H3. The second kappa shape index (κ2) is 6.06. The number of anilines is 1. The molecule has 1 aromatic rings. The van der Waals surface area contributed by atoms with Crippen molar-refractivity contribution in [1.82, 2.24) is 4.90 Å². The minimum atomic E-state index is 0.0963. The van der Waals surface area contributed by atoms with E-state index < -0.39 is 0 Å². The second-order valence-corrected chi connectivity index (χ2v) is 5.13. The molecule has 0 radical (unpaired) electrons. The minimum absolute atomic E-state index is 0.0963. The van der Waals surface area contributed by atoms with E-state index in [1.165, 1.54) is 0 Å². The summed E-state index contributed by atoms with van der Waals surface area (Å²) in [5.74, 6) is 0.0963. The molecule has 0 unspecified atom stereocenters. The highest BCUT2D eigenvalue weighted by molar-refractivity contribution is 5.95. The summed E-state index contributed by atoms with van der Waals surface area (Å²) in [6.07, 6.45) is 2.02. The summed E-state index contributed by atoms with van der Waals surface area (Å²) in [6, 6.07) is 8.52. The Morgan fingerprint density at radius 3 is 2.63 bits per heavy atom. The fraction of sp³-hybridized carbons (Fsp3) is 0.533. The molecule has 19 heavy (non-hydrogen) atoms. The molecule has 0 bridgehead atoms. The summed E-state index contributed by atoms with van der Waals surface area (Å²) in [4.78, 5) is 14.1. The Morgan fingerprint density at radius 2 is 2.05 bits per heavy atom. The van der Waals surface area contributed by atoms with Gasteiger partial charge in [-0.25, -0.2) is 0 Å². The zero-order chi connectivity index (χ0) is 13.8. The zero-order valence-electron chi connectivity index (χ0n) is 11.7. The summed E-state index contributed by atoms with van der Waals surface area (Å²) in [5.41, 5.74) is 7.53. The SMILES string of the molecule is CCN(CC)C(=O)c1cccc(NC2CC(N)C2)c1. The Hall–Kier alpha value is -1.55. The van der Waals surface area contributed by atoms with Crippen molar-refractivity contribution in [2.75, 3.05) is 18.4 Å². The van der Waals surface area contributed by atoms with Crippen LogP contribution >= 0.6 is 0 Å². The number of hydrogen-bond donors (Lipinski definition) is 2. The van der Waals surface area contributed by atoms with Gasteiger partial charge >= 0.3 is 0 Å². The van der Waals surface area contributed by atoms with Gasteiger partial charge < -0.3 is 16.0 Å². The molecule has 4 nitrogen and oxygen atoms in total. The third-order valence-corrected chi connectivity index (χ3v) is 3.71. The normalized spacial score (nSPS) is 21.6. The summed E-state index contributed by atoms with van der Waals surface area (Å²) < 4.78 is 0. The van der Waals surface area contributed by atoms with Crippen LogP contribution < -0.4 is 11.1 Å². The summed E-state index contributed by atoms with van der Waals surface area (Å²) in [5, 5.41) is 3.43. The Morgan fingerprint density at radius 1 is 1.37 bits per heavy atom. The lowest BCUT2D eigenvalue weighted by atomic mass is 9.87. The topological polar surface area (TPSA) is 58.4 Å². The van der Waals surface area contributed by atoms with Crippen LogP contribution in [0, 0.1) is 0 Å². The molecule has 1 aromatic carbocycles. The van der Waals surface area contributed by atoms with Crippen molar-refractivity contribution in [2.24, 2.45) is 5.73 Å². The third-order valence-electron chi connectivity index (χ3n) is 3.71. The predicted molar refractivity (Wildman–Crippen MR) is 78.3 cm³/mol. The van der Waals surface area contributed by atoms with Gasteiger partial charge in [0.05, 0.1) is 0 Å². The Labute approximate surface area is 115 Å². The van der Waals surface area contributed by atoms with Crippen LogP contribution in [0.25, 0.3) is 0 Å². The van der Waals surface area contributed by atoms with Crippen molar-refractivity contribution in [3.05, 3.63) is 29.8 Å². The van der Waals surface area contributed by atoms with Gasteiger partial charge in [-0.2, -0.15) is 0 Å². The van der Waals surface area contributed by atoms with Crippen molar-refractivity contribution in [1.29, 1.82) is 0 Å². The number of rotatable bonds is 5. The van der Waals surface area contributed by atoms with E-state index in [-0.39, 0.29) is 5.91 Å². The Bertz CT molecular complexity index is 437. The van der Waals surface area contributed by atoms with Crippen molar-refractivity contribution in [2.45, 2.75) is 38.8 Å². The van der Waals surface area contributed by atoms with Crippen molar-refractivity contribution < 1.29 is 4.79 Å². The van der Waals surface area contributed by atoms with E-state index >= 15 is 0 Å². The molecule has 0 atom stereocenters. The molecule has 2 rings (SSSR count). The number of nitrogens with one attached hydrogen (secondary N) is 1. The van der Waals surface area contributed by atoms with E-state index in [1.54, 1.807) is 0 Å². The molecule has 1 amide bonds. The van der Waals surface area contributed by atoms with Gasteiger partial charge in [-0.05, 0) is 44.9 Å². The maximum Gasteiger partial charge on any atom is 0.253 e. The molecule has 0 saturated heterocycles. The van der Waals surface area contributed by atoms with Gasteiger partial charge in [0.2, 0.25) is 0 Å². The zero-order valence-corrected chi connectivity index (χ0v) is 11.7. The van der Waals surface area contributed by atoms with Gasteiger partial charge in [-0.15, -0.1) is 0 Å². The third kappa shape index (κ3) is 3.26. The number of carbonyl (C=O) groups is 1. The summed E-state index contributed by atoms with van der Waals surface area (Å²) in [6.45, 7) is 5.48. The summed E-state index contributed by atoms with van der Waals surface area (Å²) >= 11 is 0. The molecule has 104 valence electrons. The minimum Gasteiger partial charge on any atom is -0.382 e. The van der Waals surface area contributed by atoms with E-state index in [4.69, 9.17) is 5.73 Å². The molecule has 4 heteroatoms. The van der Waals surface area contributed by atoms with Crippen LogP contribution in [0.4, 0.5) is 5.69 Å². The molecule has 1 aliphatic carbocycles. The number of nitrogens with zero attached hydrogens (tertiary/aromatic N) is 1. The van der Waals surface area contributed by atoms with Crippen molar-refractivity contribution >= 4 is 11.6 Å². The van der Waals surface area contributed by atoms with Gasteiger partial charge in [-0.3, -0.25) is 4.79 Å². The van der Waals surface area contributed by atoms with Crippen LogP contribution in [-0.2, 0) is 0 Å². The van der Waals surface area contributed by atoms with E-state index in [2.05, 4.69) is 5.32 Å². The molecule has 1 saturated carbocycles. The molecule has 0 heterocycles. The Balaban J connectivity index is 2.04. The number of amides is 1. The van der Waals surface area contributed by atoms with Crippen LogP contribution in [0.2, 0.25) is 0 Å². The fourth-order valence-electron chi connectivity index (χ4n) is 2.45. The van der Waals surface area contributed by atoms with E-state index in [9.17, 15) is 4.79 Å². The quantitative estimate of drug-likeness (QED) is 0.853. The van der Waals surface area contributed by atoms with Crippen LogP contribution in [0.5, 0.6) is 0 Å². The van der Waals surface area contributed by atoms with Gasteiger partial charge in [0.25, 0.3) is 5.91 Å². The lowest BCUT2D eigenvalue weighted by Gasteiger charge is -2.33. The predicted octanol–water partition coefficient (Wildman–Crippen LogP) is 2.07. The summed E-state index contributed by atoms with van der Waals surface area (Å²) in [7, 11) is 0. The number of hydrogen-bond acceptors (Lipinski definition) is 3. The van der Waals surface area contributed by atoms with E-state index in [0.29, 0.717) is 12.1 Å². The molecular weight excluding hydrogens is 238 g/mol. The molecule has 0 spiro atoms. The number of nitrogens with two attached hydrogens (primary N) is 1. The average molecular weight is 261 g/mol. The fourth-order valence-corrected chi connectivity index (χ4v) is 2.45. The first kappa shape index (κ1) is 13.9. The highest BCUT2D eigenvalue weighted by Crippen LogP contribution is 2.23. The van der Waals surface area contributed by atoms with Crippen molar-refractivity contribution in [3.8, 4) is 0 Å². The highest BCUT2D eigenvalue weighted by atomic mass is 16.2. The van der Waals surface area contributed by atoms with Crippen LogP contribution in [0.1, 0.15) is 37.0 Å². The number of benzene rings is 1. The van der Waals surface area contributed by atoms with Gasteiger partial charge in [-0.1, -0.05) is 6.07 Å². The molecule has 1 fully saturated rings. The molecule has 0 aliphatic heterocycles. The van der Waals surface area contributed by atoms with Gasteiger partial charge in [0, 0.05) is 36.4 Å². The van der Waals surface area contributed by atoms with Gasteiger partial charge in [0.15, 0.2) is 0 Å². The smallest absolute Gasteiger partial charge is 0.253 e. The first-order valence-electron chi connectivity index (χ1n) is 7.05. The number of carbonyl (C=O) groups excluding carboxylic acids is 1. The maximum atomic E-state index is 12.3. The lowest BCUT2D eigenvalue weighted by Crippen LogP contribution is -2.44. The molecule has 0 aromatic heterocycles. The highest BCUT2D eigenvalue weighted by Gasteiger charge is 2.25. The first-order valence-corrected chi connectivity index (χ1v) is 7.05. The lowest BCUT2D eigenvalue weighted by molar-refractivity contribution is 0.0773. The van der Waals surface area contributed by atoms with Crippen molar-refractivity contribution in [3.63, 3.8) is 0 Å². The van der Waals surface area contributed by atoms with E-state index in [0.717, 1.165) is 37.2 Å². The maximum absolute atomic E-state index is 12.3.